The van der Waals surface area contributed by atoms with Crippen molar-refractivity contribution in [3.05, 3.63) is 95.8 Å². The van der Waals surface area contributed by atoms with Gasteiger partial charge in [-0.25, -0.2) is 17.1 Å². The maximum Gasteiger partial charge on any atom is 0.218 e. The highest BCUT2D eigenvalue weighted by atomic mass is 32.2. The van der Waals surface area contributed by atoms with Crippen molar-refractivity contribution >= 4 is 10.0 Å². The average molecular weight is 495 g/mol. The first kappa shape index (κ1) is 24.1. The van der Waals surface area contributed by atoms with Crippen molar-refractivity contribution in [2.75, 3.05) is 26.2 Å². The molecule has 0 saturated carbocycles. The molecule has 2 aliphatic rings. The Morgan fingerprint density at radius 3 is 2.14 bits per heavy atom. The smallest absolute Gasteiger partial charge is 0.218 e. The van der Waals surface area contributed by atoms with E-state index in [4.69, 9.17) is 0 Å². The average Bonchev–Trinajstić information content (AvgIpc) is 2.84. The molecule has 5 nitrogen and oxygen atoms in total. The summed E-state index contributed by atoms with van der Waals surface area (Å²) in [5.74, 6) is -0.211. The quantitative estimate of drug-likeness (QED) is 0.557. The van der Waals surface area contributed by atoms with Gasteiger partial charge in [-0.1, -0.05) is 66.7 Å². The Morgan fingerprint density at radius 1 is 0.857 bits per heavy atom. The molecule has 2 aliphatic heterocycles. The normalized spacial score (nSPS) is 23.7. The molecule has 0 amide bonds. The second-order valence-electron chi connectivity index (χ2n) is 9.52. The molecule has 0 radical (unpaired) electrons. The SMILES string of the molecule is O=S(=O)(Cc1ccccc1)N1CCCCN2[C@H](CO)[C@@H](c3ccc(-c4ccc(F)cc4)cc3)[C@@H]2C1. The van der Waals surface area contributed by atoms with Gasteiger partial charge in [0, 0.05) is 31.1 Å². The monoisotopic (exact) mass is 494 g/mol. The number of sulfonamides is 1. The molecule has 2 saturated heterocycles. The molecular formula is C28H31FN2O3S. The number of hydrogen-bond acceptors (Lipinski definition) is 4. The molecule has 184 valence electrons. The maximum atomic E-state index is 13.3. The topological polar surface area (TPSA) is 60.9 Å². The number of benzene rings is 3. The van der Waals surface area contributed by atoms with Crippen molar-refractivity contribution in [1.82, 2.24) is 9.21 Å². The molecule has 2 heterocycles. The molecule has 5 rings (SSSR count). The van der Waals surface area contributed by atoms with Crippen LogP contribution in [-0.4, -0.2) is 61.1 Å². The van der Waals surface area contributed by atoms with E-state index < -0.39 is 10.0 Å². The second kappa shape index (κ2) is 10.2. The fraction of sp³-hybridized carbons (Fsp3) is 0.357. The van der Waals surface area contributed by atoms with Gasteiger partial charge in [-0.15, -0.1) is 0 Å². The Morgan fingerprint density at radius 2 is 1.49 bits per heavy atom. The van der Waals surface area contributed by atoms with Gasteiger partial charge >= 0.3 is 0 Å². The van der Waals surface area contributed by atoms with E-state index in [9.17, 15) is 17.9 Å². The highest BCUT2D eigenvalue weighted by Gasteiger charge is 2.50. The van der Waals surface area contributed by atoms with Crippen LogP contribution in [0.5, 0.6) is 0 Å². The van der Waals surface area contributed by atoms with Crippen LogP contribution in [0.3, 0.4) is 0 Å². The van der Waals surface area contributed by atoms with E-state index >= 15 is 0 Å². The highest BCUT2D eigenvalue weighted by Crippen LogP contribution is 2.42. The van der Waals surface area contributed by atoms with Gasteiger partial charge in [-0.2, -0.15) is 0 Å². The molecule has 0 bridgehead atoms. The van der Waals surface area contributed by atoms with Crippen molar-refractivity contribution in [3.8, 4) is 11.1 Å². The fourth-order valence-electron chi connectivity index (χ4n) is 5.58. The van der Waals surface area contributed by atoms with E-state index in [0.29, 0.717) is 13.1 Å². The van der Waals surface area contributed by atoms with E-state index in [2.05, 4.69) is 17.0 Å². The number of hydrogen-bond donors (Lipinski definition) is 1. The predicted molar refractivity (Wildman–Crippen MR) is 136 cm³/mol. The fourth-order valence-corrected chi connectivity index (χ4v) is 7.16. The Balaban J connectivity index is 1.38. The Hall–Kier alpha value is -2.58. The zero-order valence-corrected chi connectivity index (χ0v) is 20.4. The van der Waals surface area contributed by atoms with Crippen molar-refractivity contribution in [2.24, 2.45) is 0 Å². The number of aliphatic hydroxyl groups is 1. The molecule has 7 heteroatoms. The molecule has 0 aromatic heterocycles. The Bertz CT molecular complexity index is 1230. The number of rotatable bonds is 6. The third-order valence-electron chi connectivity index (χ3n) is 7.39. The van der Waals surface area contributed by atoms with Gasteiger partial charge in [0.1, 0.15) is 5.82 Å². The number of nitrogens with zero attached hydrogens (tertiary/aromatic N) is 2. The van der Waals surface area contributed by atoms with Crippen LogP contribution in [0.2, 0.25) is 0 Å². The molecule has 3 aromatic carbocycles. The number of fused-ring (bicyclic) bond motifs is 1. The number of aliphatic hydroxyl groups excluding tert-OH is 1. The van der Waals surface area contributed by atoms with Crippen molar-refractivity contribution in [2.45, 2.75) is 36.6 Å². The van der Waals surface area contributed by atoms with Crippen LogP contribution < -0.4 is 0 Å². The lowest BCUT2D eigenvalue weighted by Gasteiger charge is -2.57. The van der Waals surface area contributed by atoms with Crippen LogP contribution in [0.15, 0.2) is 78.9 Å². The largest absolute Gasteiger partial charge is 0.395 e. The first-order valence-electron chi connectivity index (χ1n) is 12.2. The molecule has 0 unspecified atom stereocenters. The molecule has 0 spiro atoms. The zero-order chi connectivity index (χ0) is 24.4. The lowest BCUT2D eigenvalue weighted by Crippen LogP contribution is -2.67. The summed E-state index contributed by atoms with van der Waals surface area (Å²) in [6, 6.07) is 23.9. The number of halogens is 1. The second-order valence-corrected chi connectivity index (χ2v) is 11.5. The molecular weight excluding hydrogens is 463 g/mol. The van der Waals surface area contributed by atoms with Gasteiger partial charge in [0.05, 0.1) is 12.4 Å². The van der Waals surface area contributed by atoms with E-state index in [-0.39, 0.29) is 36.2 Å². The molecule has 2 fully saturated rings. The maximum absolute atomic E-state index is 13.3. The van der Waals surface area contributed by atoms with Gasteiger partial charge in [-0.3, -0.25) is 4.90 Å². The molecule has 1 N–H and O–H groups in total. The van der Waals surface area contributed by atoms with Crippen LogP contribution in [0.1, 0.15) is 29.9 Å². The summed E-state index contributed by atoms with van der Waals surface area (Å²) in [6.07, 6.45) is 1.72. The summed E-state index contributed by atoms with van der Waals surface area (Å²) >= 11 is 0. The Kier molecular flexibility index (Phi) is 7.02. The summed E-state index contributed by atoms with van der Waals surface area (Å²) in [6.45, 7) is 1.86. The third-order valence-corrected chi connectivity index (χ3v) is 9.21. The van der Waals surface area contributed by atoms with E-state index in [1.54, 1.807) is 16.4 Å². The Labute approximate surface area is 206 Å². The van der Waals surface area contributed by atoms with Crippen molar-refractivity contribution < 1.29 is 17.9 Å². The van der Waals surface area contributed by atoms with E-state index in [0.717, 1.165) is 41.6 Å². The summed E-state index contributed by atoms with van der Waals surface area (Å²) in [5.41, 5.74) is 3.82. The van der Waals surface area contributed by atoms with Gasteiger partial charge in [0.25, 0.3) is 0 Å². The van der Waals surface area contributed by atoms with E-state index in [1.807, 2.05) is 42.5 Å². The highest BCUT2D eigenvalue weighted by molar-refractivity contribution is 7.88. The molecule has 35 heavy (non-hydrogen) atoms. The third kappa shape index (κ3) is 5.05. The molecule has 0 aliphatic carbocycles. The van der Waals surface area contributed by atoms with Crippen LogP contribution in [-0.2, 0) is 15.8 Å². The summed E-state index contributed by atoms with van der Waals surface area (Å²) in [5, 5.41) is 10.2. The van der Waals surface area contributed by atoms with Crippen LogP contribution >= 0.6 is 0 Å². The minimum absolute atomic E-state index is 0.00101. The molecule has 3 aromatic rings. The lowest BCUT2D eigenvalue weighted by atomic mass is 9.74. The van der Waals surface area contributed by atoms with Gasteiger partial charge in [-0.05, 0) is 53.8 Å². The first-order chi connectivity index (χ1) is 17.0. The summed E-state index contributed by atoms with van der Waals surface area (Å²) < 4.78 is 41.6. The van der Waals surface area contributed by atoms with Crippen LogP contribution in [0.25, 0.3) is 11.1 Å². The van der Waals surface area contributed by atoms with E-state index in [1.165, 1.54) is 12.1 Å². The summed E-state index contributed by atoms with van der Waals surface area (Å²) in [4.78, 5) is 2.28. The standard InChI is InChI=1S/C28H31FN2O3S/c29-25-14-12-23(13-15-25)22-8-10-24(11-9-22)28-26-18-30(16-4-5-17-31(26)27(28)19-32)35(33,34)20-21-6-2-1-3-7-21/h1-3,6-15,26-28,32H,4-5,16-20H2/t26-,27+,28-/m0/s1. The lowest BCUT2D eigenvalue weighted by molar-refractivity contribution is -0.0554. The van der Waals surface area contributed by atoms with Crippen molar-refractivity contribution in [3.63, 3.8) is 0 Å². The predicted octanol–water partition coefficient (Wildman–Crippen LogP) is 4.25. The minimum Gasteiger partial charge on any atom is -0.395 e. The molecule has 3 atom stereocenters. The summed E-state index contributed by atoms with van der Waals surface area (Å²) in [7, 11) is -3.46. The van der Waals surface area contributed by atoms with Gasteiger partial charge in [0.15, 0.2) is 0 Å². The first-order valence-corrected chi connectivity index (χ1v) is 13.8. The van der Waals surface area contributed by atoms with Gasteiger partial charge < -0.3 is 5.11 Å². The van der Waals surface area contributed by atoms with Crippen molar-refractivity contribution in [1.29, 1.82) is 0 Å². The van der Waals surface area contributed by atoms with Crippen LogP contribution in [0, 0.1) is 5.82 Å². The van der Waals surface area contributed by atoms with Gasteiger partial charge in [0.2, 0.25) is 10.0 Å². The zero-order valence-electron chi connectivity index (χ0n) is 19.6. The van der Waals surface area contributed by atoms with Crippen LogP contribution in [0.4, 0.5) is 4.39 Å². The minimum atomic E-state index is -3.46.